The molecule has 0 amide bonds. The van der Waals surface area contributed by atoms with Gasteiger partial charge in [0.25, 0.3) is 5.56 Å². The Balaban J connectivity index is 1.94. The highest BCUT2D eigenvalue weighted by molar-refractivity contribution is 5.71. The van der Waals surface area contributed by atoms with Crippen LogP contribution < -0.4 is 26.0 Å². The summed E-state index contributed by atoms with van der Waals surface area (Å²) in [6.45, 7) is -1.22. The third-order valence-corrected chi connectivity index (χ3v) is 4.53. The van der Waals surface area contributed by atoms with Crippen molar-refractivity contribution in [1.29, 1.82) is 0 Å². The average Bonchev–Trinajstić information content (AvgIpc) is 3.00. The van der Waals surface area contributed by atoms with Crippen molar-refractivity contribution in [3.05, 3.63) is 61.4 Å². The Morgan fingerprint density at radius 3 is 2.64 bits per heavy atom. The molecule has 11 heteroatoms. The number of hydrogen-bond donors (Lipinski definition) is 4. The predicted molar refractivity (Wildman–Crippen MR) is 94.9 cm³/mol. The van der Waals surface area contributed by atoms with Crippen LogP contribution in [0.1, 0.15) is 28.3 Å². The Kier molecular flexibility index (Phi) is 4.13. The molecule has 4 rings (SSSR count). The van der Waals surface area contributed by atoms with E-state index in [1.807, 2.05) is 0 Å². The lowest BCUT2D eigenvalue weighted by atomic mass is 9.83. The van der Waals surface area contributed by atoms with E-state index in [0.29, 0.717) is 22.6 Å². The van der Waals surface area contributed by atoms with Crippen LogP contribution in [0.4, 0.5) is 20.4 Å². The normalized spacial score (nSPS) is 15.0. The molecule has 1 aliphatic rings. The molecule has 0 aliphatic carbocycles. The molecule has 1 aromatic carbocycles. The minimum absolute atomic E-state index is 0.0847. The van der Waals surface area contributed by atoms with Gasteiger partial charge in [-0.1, -0.05) is 6.07 Å². The number of aromatic amines is 3. The minimum Gasteiger partial charge on any atom is -0.493 e. The van der Waals surface area contributed by atoms with E-state index in [1.165, 1.54) is 19.2 Å². The van der Waals surface area contributed by atoms with Gasteiger partial charge in [-0.3, -0.25) is 19.9 Å². The van der Waals surface area contributed by atoms with E-state index in [-0.39, 0.29) is 22.9 Å². The summed E-state index contributed by atoms with van der Waals surface area (Å²) in [5.74, 6) is -0.00999. The number of halogens is 2. The molecule has 0 saturated carbocycles. The molecule has 28 heavy (non-hydrogen) atoms. The number of aromatic nitrogens is 4. The van der Waals surface area contributed by atoms with Crippen molar-refractivity contribution < 1.29 is 18.3 Å². The number of aryl methyl sites for hydroxylation is 1. The highest BCUT2D eigenvalue weighted by Crippen LogP contribution is 2.44. The monoisotopic (exact) mass is 391 g/mol. The first-order chi connectivity index (χ1) is 13.4. The van der Waals surface area contributed by atoms with Crippen molar-refractivity contribution in [2.75, 3.05) is 12.4 Å². The van der Waals surface area contributed by atoms with E-state index in [4.69, 9.17) is 4.74 Å². The molecular weight excluding hydrogens is 376 g/mol. The van der Waals surface area contributed by atoms with E-state index in [2.05, 4.69) is 30.2 Å². The Morgan fingerprint density at radius 1 is 1.14 bits per heavy atom. The van der Waals surface area contributed by atoms with Crippen molar-refractivity contribution in [2.45, 2.75) is 19.5 Å². The number of alkyl halides is 2. The number of anilines is 2. The fourth-order valence-corrected chi connectivity index (χ4v) is 3.41. The van der Waals surface area contributed by atoms with Crippen LogP contribution >= 0.6 is 0 Å². The molecular formula is C17H15F2N5O4. The van der Waals surface area contributed by atoms with Crippen LogP contribution in [0.5, 0.6) is 11.5 Å². The topological polar surface area (TPSA) is 125 Å². The van der Waals surface area contributed by atoms with E-state index in [9.17, 15) is 18.4 Å². The zero-order chi connectivity index (χ0) is 20.0. The van der Waals surface area contributed by atoms with Crippen LogP contribution in [-0.2, 0) is 0 Å². The molecule has 0 radical (unpaired) electrons. The molecule has 1 aliphatic heterocycles. The molecule has 1 atom stereocenters. The minimum atomic E-state index is -3.00. The van der Waals surface area contributed by atoms with Crippen LogP contribution in [0.25, 0.3) is 0 Å². The number of nitrogens with zero attached hydrogens (tertiary/aromatic N) is 1. The summed E-state index contributed by atoms with van der Waals surface area (Å²) in [6.07, 6.45) is 0. The third-order valence-electron chi connectivity index (χ3n) is 4.53. The van der Waals surface area contributed by atoms with Crippen molar-refractivity contribution >= 4 is 11.6 Å². The summed E-state index contributed by atoms with van der Waals surface area (Å²) in [6, 6.07) is 4.41. The second-order valence-electron chi connectivity index (χ2n) is 6.15. The van der Waals surface area contributed by atoms with Gasteiger partial charge in [0, 0.05) is 17.2 Å². The van der Waals surface area contributed by atoms with Crippen molar-refractivity contribution in [3.63, 3.8) is 0 Å². The molecule has 0 fully saturated rings. The Hall–Kier alpha value is -3.63. The maximum atomic E-state index is 12.6. The van der Waals surface area contributed by atoms with Crippen LogP contribution in [-0.4, -0.2) is 33.9 Å². The van der Waals surface area contributed by atoms with E-state index >= 15 is 0 Å². The average molecular weight is 391 g/mol. The molecule has 0 saturated heterocycles. The Morgan fingerprint density at radius 2 is 1.93 bits per heavy atom. The van der Waals surface area contributed by atoms with Gasteiger partial charge >= 0.3 is 12.3 Å². The predicted octanol–water partition coefficient (Wildman–Crippen LogP) is 1.94. The van der Waals surface area contributed by atoms with E-state index < -0.39 is 23.8 Å². The zero-order valence-electron chi connectivity index (χ0n) is 14.7. The van der Waals surface area contributed by atoms with Crippen molar-refractivity contribution in [2.24, 2.45) is 0 Å². The smallest absolute Gasteiger partial charge is 0.387 e. The van der Waals surface area contributed by atoms with Gasteiger partial charge in [0.2, 0.25) is 0 Å². The first-order valence-corrected chi connectivity index (χ1v) is 8.20. The lowest BCUT2D eigenvalue weighted by molar-refractivity contribution is -0.0512. The molecule has 4 N–H and O–H groups in total. The van der Waals surface area contributed by atoms with E-state index in [1.54, 1.807) is 13.0 Å². The second kappa shape index (κ2) is 6.51. The number of benzene rings is 1. The standard InChI is InChI=1S/C17H15F2N5O4/c1-6-10-11(7-3-4-8(28-16(18)19)9(5-7)27-2)12-13(20-14(10)24-23-6)21-17(26)22-15(12)25/h3-5,11,16H,1-2H3,(H4,20,21,22,23,24,25,26)/t11-/m1/s1. The fourth-order valence-electron chi connectivity index (χ4n) is 3.41. The van der Waals surface area contributed by atoms with Gasteiger partial charge in [0.1, 0.15) is 5.82 Å². The summed E-state index contributed by atoms with van der Waals surface area (Å²) in [7, 11) is 1.33. The van der Waals surface area contributed by atoms with Gasteiger partial charge in [-0.25, -0.2) is 4.79 Å². The van der Waals surface area contributed by atoms with Crippen molar-refractivity contribution in [3.8, 4) is 11.5 Å². The van der Waals surface area contributed by atoms with Crippen LogP contribution in [0.15, 0.2) is 27.8 Å². The van der Waals surface area contributed by atoms with Crippen LogP contribution in [0.3, 0.4) is 0 Å². The summed E-state index contributed by atoms with van der Waals surface area (Å²) in [5, 5.41) is 9.94. The lowest BCUT2D eigenvalue weighted by Gasteiger charge is -2.26. The highest BCUT2D eigenvalue weighted by Gasteiger charge is 2.34. The third kappa shape index (κ3) is 2.80. The second-order valence-corrected chi connectivity index (χ2v) is 6.15. The molecule has 2 aromatic heterocycles. The summed E-state index contributed by atoms with van der Waals surface area (Å²) < 4.78 is 34.9. The van der Waals surface area contributed by atoms with Gasteiger partial charge in [0.05, 0.1) is 12.7 Å². The number of nitrogens with one attached hydrogen (secondary N) is 4. The number of hydrogen-bond acceptors (Lipinski definition) is 6. The quantitative estimate of drug-likeness (QED) is 0.421. The molecule has 146 valence electrons. The molecule has 3 heterocycles. The summed E-state index contributed by atoms with van der Waals surface area (Å²) in [5.41, 5.74) is 0.995. The number of fused-ring (bicyclic) bond motifs is 2. The van der Waals surface area contributed by atoms with Crippen LogP contribution in [0.2, 0.25) is 0 Å². The number of rotatable bonds is 4. The van der Waals surface area contributed by atoms with Gasteiger partial charge in [-0.2, -0.15) is 13.9 Å². The number of H-pyrrole nitrogens is 3. The number of methoxy groups -OCH3 is 1. The first-order valence-electron chi connectivity index (χ1n) is 8.20. The van der Waals surface area contributed by atoms with Gasteiger partial charge in [-0.15, -0.1) is 0 Å². The molecule has 9 nitrogen and oxygen atoms in total. The fraction of sp³-hybridized carbons (Fsp3) is 0.235. The maximum Gasteiger partial charge on any atom is 0.387 e. The van der Waals surface area contributed by atoms with Crippen molar-refractivity contribution in [1.82, 2.24) is 20.2 Å². The molecule has 0 bridgehead atoms. The summed E-state index contributed by atoms with van der Waals surface area (Å²) >= 11 is 0. The molecule has 3 aromatic rings. The van der Waals surface area contributed by atoms with Gasteiger partial charge in [-0.05, 0) is 24.6 Å². The summed E-state index contributed by atoms with van der Waals surface area (Å²) in [4.78, 5) is 29.0. The van der Waals surface area contributed by atoms with Crippen LogP contribution in [0, 0.1) is 6.92 Å². The molecule has 0 unspecified atom stereocenters. The maximum absolute atomic E-state index is 12.6. The largest absolute Gasteiger partial charge is 0.493 e. The zero-order valence-corrected chi connectivity index (χ0v) is 14.7. The highest BCUT2D eigenvalue weighted by atomic mass is 19.3. The SMILES string of the molecule is COc1cc([C@@H]2c3c(n[nH]c3C)Nc3[nH]c(=O)[nH]c(=O)c32)ccc1OC(F)F. The van der Waals surface area contributed by atoms with Gasteiger partial charge in [0.15, 0.2) is 17.3 Å². The Labute approximate surface area is 155 Å². The first kappa shape index (κ1) is 17.8. The number of ether oxygens (including phenoxy) is 2. The van der Waals surface area contributed by atoms with Gasteiger partial charge < -0.3 is 14.8 Å². The molecule has 0 spiro atoms. The lowest BCUT2D eigenvalue weighted by Crippen LogP contribution is -2.31. The van der Waals surface area contributed by atoms with E-state index in [0.717, 1.165) is 0 Å². The Bertz CT molecular complexity index is 1170.